The van der Waals surface area contributed by atoms with Crippen LogP contribution in [0.15, 0.2) is 24.3 Å². The first-order valence-corrected chi connectivity index (χ1v) is 5.27. The van der Waals surface area contributed by atoms with Crippen LogP contribution in [0.1, 0.15) is 12.5 Å². The molecule has 84 valence electrons. The molecule has 0 unspecified atom stereocenters. The van der Waals surface area contributed by atoms with Gasteiger partial charge >= 0.3 is 0 Å². The first-order chi connectivity index (χ1) is 7.26. The van der Waals surface area contributed by atoms with E-state index in [-0.39, 0.29) is 6.61 Å². The lowest BCUT2D eigenvalue weighted by atomic mass is 10.2. The largest absolute Gasteiger partial charge is 0.494 e. The third-order valence-corrected chi connectivity index (χ3v) is 2.17. The van der Waals surface area contributed by atoms with Crippen LogP contribution in [0.2, 0.25) is 0 Å². The van der Waals surface area contributed by atoms with Crippen molar-refractivity contribution in [3.8, 4) is 5.75 Å². The van der Waals surface area contributed by atoms with Crippen LogP contribution in [0.4, 0.5) is 0 Å². The van der Waals surface area contributed by atoms with Crippen molar-refractivity contribution in [2.24, 2.45) is 0 Å². The second-order valence-corrected chi connectivity index (χ2v) is 3.54. The number of hydrogen-bond donors (Lipinski definition) is 1. The Morgan fingerprint density at radius 3 is 2.47 bits per heavy atom. The van der Waals surface area contributed by atoms with Crippen molar-refractivity contribution in [1.82, 2.24) is 4.90 Å². The molecule has 0 spiro atoms. The summed E-state index contributed by atoms with van der Waals surface area (Å²) >= 11 is 0. The molecule has 0 aliphatic heterocycles. The Labute approximate surface area is 91.3 Å². The number of rotatable bonds is 6. The minimum Gasteiger partial charge on any atom is -0.494 e. The second kappa shape index (κ2) is 6.43. The normalized spacial score (nSPS) is 10.7. The number of hydrogen-bond acceptors (Lipinski definition) is 3. The van der Waals surface area contributed by atoms with Gasteiger partial charge < -0.3 is 9.84 Å². The van der Waals surface area contributed by atoms with Gasteiger partial charge in [-0.15, -0.1) is 0 Å². The number of benzene rings is 1. The lowest BCUT2D eigenvalue weighted by Crippen LogP contribution is -2.21. The maximum absolute atomic E-state index is 8.77. The molecule has 0 aliphatic carbocycles. The number of aliphatic hydroxyl groups excluding tert-OH is 1. The molecule has 1 N–H and O–H groups in total. The molecule has 1 aromatic rings. The van der Waals surface area contributed by atoms with Crippen LogP contribution in [0.3, 0.4) is 0 Å². The van der Waals surface area contributed by atoms with E-state index in [1.54, 1.807) is 0 Å². The Kier molecular flexibility index (Phi) is 5.15. The minimum atomic E-state index is 0.202. The molecule has 0 bridgehead atoms. The molecular weight excluding hydrogens is 190 g/mol. The van der Waals surface area contributed by atoms with Crippen molar-refractivity contribution in [1.29, 1.82) is 0 Å². The lowest BCUT2D eigenvalue weighted by molar-refractivity contribution is 0.217. The van der Waals surface area contributed by atoms with Gasteiger partial charge in [0.1, 0.15) is 5.75 Å². The van der Waals surface area contributed by atoms with Crippen molar-refractivity contribution < 1.29 is 9.84 Å². The van der Waals surface area contributed by atoms with E-state index >= 15 is 0 Å². The van der Waals surface area contributed by atoms with Crippen LogP contribution in [-0.2, 0) is 6.54 Å². The SMILES string of the molecule is CCOc1ccc(CN(C)CCO)cc1. The van der Waals surface area contributed by atoms with E-state index in [4.69, 9.17) is 9.84 Å². The molecule has 3 nitrogen and oxygen atoms in total. The maximum atomic E-state index is 8.77. The maximum Gasteiger partial charge on any atom is 0.119 e. The summed E-state index contributed by atoms with van der Waals surface area (Å²) in [6, 6.07) is 8.06. The highest BCUT2D eigenvalue weighted by atomic mass is 16.5. The molecule has 0 aromatic heterocycles. The van der Waals surface area contributed by atoms with E-state index < -0.39 is 0 Å². The van der Waals surface area contributed by atoms with Gasteiger partial charge in [0, 0.05) is 13.1 Å². The Balaban J connectivity index is 2.48. The van der Waals surface area contributed by atoms with E-state index in [1.807, 2.05) is 26.1 Å². The van der Waals surface area contributed by atoms with Crippen LogP contribution < -0.4 is 4.74 Å². The van der Waals surface area contributed by atoms with Crippen molar-refractivity contribution in [3.63, 3.8) is 0 Å². The molecule has 1 aromatic carbocycles. The number of ether oxygens (including phenoxy) is 1. The molecule has 0 fully saturated rings. The van der Waals surface area contributed by atoms with Gasteiger partial charge in [0.15, 0.2) is 0 Å². The molecule has 3 heteroatoms. The molecule has 0 atom stereocenters. The summed E-state index contributed by atoms with van der Waals surface area (Å²) in [5.74, 6) is 0.908. The Bertz CT molecular complexity index is 271. The number of aliphatic hydroxyl groups is 1. The molecule has 0 radical (unpaired) electrons. The van der Waals surface area contributed by atoms with Gasteiger partial charge in [-0.25, -0.2) is 0 Å². The van der Waals surface area contributed by atoms with Gasteiger partial charge in [-0.3, -0.25) is 4.90 Å². The zero-order valence-corrected chi connectivity index (χ0v) is 9.44. The Morgan fingerprint density at radius 1 is 1.27 bits per heavy atom. The molecule has 15 heavy (non-hydrogen) atoms. The fourth-order valence-electron chi connectivity index (χ4n) is 1.42. The topological polar surface area (TPSA) is 32.7 Å². The molecule has 0 saturated carbocycles. The third-order valence-electron chi connectivity index (χ3n) is 2.17. The average Bonchev–Trinajstić information content (AvgIpc) is 2.22. The highest BCUT2D eigenvalue weighted by molar-refractivity contribution is 5.27. The van der Waals surface area contributed by atoms with Gasteiger partial charge in [0.2, 0.25) is 0 Å². The van der Waals surface area contributed by atoms with Gasteiger partial charge in [0.05, 0.1) is 13.2 Å². The van der Waals surface area contributed by atoms with Gasteiger partial charge in [-0.2, -0.15) is 0 Å². The van der Waals surface area contributed by atoms with Crippen molar-refractivity contribution >= 4 is 0 Å². The quantitative estimate of drug-likeness (QED) is 0.771. The average molecular weight is 209 g/mol. The summed E-state index contributed by atoms with van der Waals surface area (Å²) in [5, 5.41) is 8.77. The highest BCUT2D eigenvalue weighted by Gasteiger charge is 1.99. The molecular formula is C12H19NO2. The van der Waals surface area contributed by atoms with Crippen LogP contribution in [0.5, 0.6) is 5.75 Å². The van der Waals surface area contributed by atoms with Crippen molar-refractivity contribution in [2.45, 2.75) is 13.5 Å². The lowest BCUT2D eigenvalue weighted by Gasteiger charge is -2.15. The molecule has 0 saturated heterocycles. The van der Waals surface area contributed by atoms with E-state index in [0.29, 0.717) is 13.2 Å². The van der Waals surface area contributed by atoms with E-state index in [0.717, 1.165) is 12.3 Å². The molecule has 1 rings (SSSR count). The summed E-state index contributed by atoms with van der Waals surface area (Å²) in [4.78, 5) is 2.08. The second-order valence-electron chi connectivity index (χ2n) is 3.54. The molecule has 0 amide bonds. The summed E-state index contributed by atoms with van der Waals surface area (Å²) < 4.78 is 5.36. The highest BCUT2D eigenvalue weighted by Crippen LogP contribution is 2.12. The zero-order valence-electron chi connectivity index (χ0n) is 9.44. The van der Waals surface area contributed by atoms with Gasteiger partial charge in [-0.1, -0.05) is 12.1 Å². The third kappa shape index (κ3) is 4.32. The molecule has 0 aliphatic rings. The first kappa shape index (κ1) is 12.0. The van der Waals surface area contributed by atoms with E-state index in [1.165, 1.54) is 5.56 Å². The predicted octanol–water partition coefficient (Wildman–Crippen LogP) is 1.51. The summed E-state index contributed by atoms with van der Waals surface area (Å²) in [7, 11) is 1.99. The molecule has 0 heterocycles. The number of likely N-dealkylation sites (N-methyl/N-ethyl adjacent to an activating group) is 1. The van der Waals surface area contributed by atoms with Crippen LogP contribution in [-0.4, -0.2) is 36.8 Å². The van der Waals surface area contributed by atoms with E-state index in [2.05, 4.69) is 17.0 Å². The summed E-state index contributed by atoms with van der Waals surface area (Å²) in [6.45, 7) is 4.43. The zero-order chi connectivity index (χ0) is 11.1. The van der Waals surface area contributed by atoms with E-state index in [9.17, 15) is 0 Å². The first-order valence-electron chi connectivity index (χ1n) is 5.27. The monoisotopic (exact) mass is 209 g/mol. The smallest absolute Gasteiger partial charge is 0.119 e. The fourth-order valence-corrected chi connectivity index (χ4v) is 1.42. The van der Waals surface area contributed by atoms with Crippen LogP contribution in [0.25, 0.3) is 0 Å². The van der Waals surface area contributed by atoms with Crippen molar-refractivity contribution in [2.75, 3.05) is 26.8 Å². The van der Waals surface area contributed by atoms with Crippen LogP contribution in [0, 0.1) is 0 Å². The number of nitrogens with zero attached hydrogens (tertiary/aromatic N) is 1. The Hall–Kier alpha value is -1.06. The van der Waals surface area contributed by atoms with Crippen LogP contribution >= 0.6 is 0 Å². The van der Waals surface area contributed by atoms with Gasteiger partial charge in [-0.05, 0) is 31.7 Å². The van der Waals surface area contributed by atoms with Gasteiger partial charge in [0.25, 0.3) is 0 Å². The standard InChI is InChI=1S/C12H19NO2/c1-3-15-12-6-4-11(5-7-12)10-13(2)8-9-14/h4-7,14H,3,8-10H2,1-2H3. The fraction of sp³-hybridized carbons (Fsp3) is 0.500. The minimum absolute atomic E-state index is 0.202. The Morgan fingerprint density at radius 2 is 1.93 bits per heavy atom. The van der Waals surface area contributed by atoms with Crippen molar-refractivity contribution in [3.05, 3.63) is 29.8 Å². The predicted molar refractivity (Wildman–Crippen MR) is 61.0 cm³/mol. The summed E-state index contributed by atoms with van der Waals surface area (Å²) in [6.07, 6.45) is 0. The summed E-state index contributed by atoms with van der Waals surface area (Å²) in [5.41, 5.74) is 1.23.